The van der Waals surface area contributed by atoms with Gasteiger partial charge in [0.15, 0.2) is 0 Å². The second-order valence-corrected chi connectivity index (χ2v) is 6.32. The molecule has 0 aliphatic heterocycles. The fourth-order valence-electron chi connectivity index (χ4n) is 2.30. The van der Waals surface area contributed by atoms with Crippen molar-refractivity contribution in [3.8, 4) is 0 Å². The summed E-state index contributed by atoms with van der Waals surface area (Å²) in [6.45, 7) is 0. The highest BCUT2D eigenvalue weighted by molar-refractivity contribution is 9.10. The van der Waals surface area contributed by atoms with E-state index < -0.39 is 0 Å². The molecule has 1 aromatic carbocycles. The number of hydrazine groups is 1. The molecule has 3 N–H and O–H groups in total. The second-order valence-electron chi connectivity index (χ2n) is 4.55. The summed E-state index contributed by atoms with van der Waals surface area (Å²) in [4.78, 5) is 4.42. The summed E-state index contributed by atoms with van der Waals surface area (Å²) in [5, 5.41) is 3.50. The predicted molar refractivity (Wildman–Crippen MR) is 87.5 cm³/mol. The maximum atomic E-state index is 5.73. The summed E-state index contributed by atoms with van der Waals surface area (Å²) in [7, 11) is 0. The van der Waals surface area contributed by atoms with Gasteiger partial charge in [0.05, 0.1) is 11.7 Å². The van der Waals surface area contributed by atoms with E-state index in [2.05, 4.69) is 56.0 Å². The van der Waals surface area contributed by atoms with E-state index in [1.165, 1.54) is 15.6 Å². The van der Waals surface area contributed by atoms with E-state index in [9.17, 15) is 0 Å². The Morgan fingerprint density at radius 1 is 1.25 bits per heavy atom. The fourth-order valence-corrected chi connectivity index (χ4v) is 3.81. The van der Waals surface area contributed by atoms with Crippen LogP contribution in [0.25, 0.3) is 10.1 Å². The third-order valence-electron chi connectivity index (χ3n) is 3.30. The van der Waals surface area contributed by atoms with Crippen LogP contribution in [-0.4, -0.2) is 4.98 Å². The number of aromatic nitrogens is 1. The molecule has 1 atom stereocenters. The van der Waals surface area contributed by atoms with Gasteiger partial charge in [-0.15, -0.1) is 11.3 Å². The summed E-state index contributed by atoms with van der Waals surface area (Å²) in [6, 6.07) is 12.3. The summed E-state index contributed by atoms with van der Waals surface area (Å²) in [5.74, 6) is 5.73. The molecule has 0 saturated heterocycles. The van der Waals surface area contributed by atoms with Gasteiger partial charge in [-0.2, -0.15) is 0 Å². The molecule has 0 amide bonds. The largest absolute Gasteiger partial charge is 0.271 e. The first-order valence-corrected chi connectivity index (χ1v) is 7.98. The number of fused-ring (bicyclic) bond motifs is 1. The van der Waals surface area contributed by atoms with Crippen molar-refractivity contribution >= 4 is 37.4 Å². The van der Waals surface area contributed by atoms with Gasteiger partial charge in [0.25, 0.3) is 0 Å². The molecule has 3 aromatic rings. The van der Waals surface area contributed by atoms with Crippen molar-refractivity contribution in [1.82, 2.24) is 10.4 Å². The normalized spacial score (nSPS) is 12.7. The minimum atomic E-state index is -0.0106. The molecule has 0 radical (unpaired) electrons. The topological polar surface area (TPSA) is 50.9 Å². The Kier molecular flexibility index (Phi) is 4.12. The summed E-state index contributed by atoms with van der Waals surface area (Å²) in [5.41, 5.74) is 5.11. The van der Waals surface area contributed by atoms with Gasteiger partial charge in [-0.3, -0.25) is 16.3 Å². The van der Waals surface area contributed by atoms with Crippen LogP contribution < -0.4 is 11.3 Å². The molecule has 0 spiro atoms. The Morgan fingerprint density at radius 3 is 2.90 bits per heavy atom. The van der Waals surface area contributed by atoms with Crippen LogP contribution in [0.1, 0.15) is 17.3 Å². The highest BCUT2D eigenvalue weighted by Gasteiger charge is 2.16. The molecule has 1 unspecified atom stereocenters. The van der Waals surface area contributed by atoms with Gasteiger partial charge in [0.2, 0.25) is 0 Å². The SMILES string of the molecule is NNC(Cc1csc2ccccc12)c1ncccc1Br. The first-order chi connectivity index (χ1) is 9.79. The molecule has 0 saturated carbocycles. The van der Waals surface area contributed by atoms with Gasteiger partial charge in [-0.05, 0) is 56.9 Å². The fraction of sp³-hybridized carbons (Fsp3) is 0.133. The van der Waals surface area contributed by atoms with Crippen LogP contribution in [0.15, 0.2) is 52.4 Å². The zero-order valence-corrected chi connectivity index (χ0v) is 13.1. The van der Waals surface area contributed by atoms with E-state index in [1.54, 1.807) is 17.5 Å². The molecule has 0 bridgehead atoms. The average molecular weight is 348 g/mol. The Balaban J connectivity index is 1.94. The first-order valence-electron chi connectivity index (χ1n) is 6.31. The number of benzene rings is 1. The number of rotatable bonds is 4. The van der Waals surface area contributed by atoms with E-state index >= 15 is 0 Å². The van der Waals surface area contributed by atoms with Crippen LogP contribution >= 0.6 is 27.3 Å². The summed E-state index contributed by atoms with van der Waals surface area (Å²) in [6.07, 6.45) is 2.60. The number of nitrogens with zero attached hydrogens (tertiary/aromatic N) is 1. The summed E-state index contributed by atoms with van der Waals surface area (Å²) >= 11 is 5.30. The molecule has 0 aliphatic carbocycles. The van der Waals surface area contributed by atoms with Crippen molar-refractivity contribution in [1.29, 1.82) is 0 Å². The van der Waals surface area contributed by atoms with Crippen LogP contribution in [0.3, 0.4) is 0 Å². The van der Waals surface area contributed by atoms with Gasteiger partial charge in [0.1, 0.15) is 0 Å². The molecule has 0 fully saturated rings. The highest BCUT2D eigenvalue weighted by Crippen LogP contribution is 2.30. The van der Waals surface area contributed by atoms with E-state index in [0.717, 1.165) is 16.6 Å². The number of pyridine rings is 1. The van der Waals surface area contributed by atoms with Crippen molar-refractivity contribution in [3.63, 3.8) is 0 Å². The number of nitrogens with one attached hydrogen (secondary N) is 1. The second kappa shape index (κ2) is 6.01. The average Bonchev–Trinajstić information content (AvgIpc) is 2.89. The molecule has 0 aliphatic rings. The molecule has 3 rings (SSSR count). The number of hydrogen-bond donors (Lipinski definition) is 2. The first kappa shape index (κ1) is 13.7. The van der Waals surface area contributed by atoms with Crippen molar-refractivity contribution in [2.75, 3.05) is 0 Å². The van der Waals surface area contributed by atoms with Crippen molar-refractivity contribution in [3.05, 3.63) is 63.7 Å². The van der Waals surface area contributed by atoms with Crippen LogP contribution in [0.4, 0.5) is 0 Å². The van der Waals surface area contributed by atoms with Crippen LogP contribution in [0, 0.1) is 0 Å². The van der Waals surface area contributed by atoms with Crippen molar-refractivity contribution < 1.29 is 0 Å². The zero-order valence-electron chi connectivity index (χ0n) is 10.7. The molecule has 3 nitrogen and oxygen atoms in total. The Morgan fingerprint density at radius 2 is 2.10 bits per heavy atom. The molecular formula is C15H14BrN3S. The standard InChI is InChI=1S/C15H14BrN3S/c16-12-5-3-7-18-15(12)13(19-17)8-10-9-20-14-6-2-1-4-11(10)14/h1-7,9,13,19H,8,17H2. The van der Waals surface area contributed by atoms with Gasteiger partial charge in [-0.1, -0.05) is 18.2 Å². The number of nitrogens with two attached hydrogens (primary N) is 1. The van der Waals surface area contributed by atoms with Crippen molar-refractivity contribution in [2.45, 2.75) is 12.5 Å². The van der Waals surface area contributed by atoms with Crippen LogP contribution in [0.5, 0.6) is 0 Å². The third kappa shape index (κ3) is 2.62. The van der Waals surface area contributed by atoms with Gasteiger partial charge < -0.3 is 0 Å². The molecule has 5 heteroatoms. The number of thiophene rings is 1. The Hall–Kier alpha value is -1.27. The lowest BCUT2D eigenvalue weighted by molar-refractivity contribution is 0.538. The molecule has 2 aromatic heterocycles. The smallest absolute Gasteiger partial charge is 0.0731 e. The lowest BCUT2D eigenvalue weighted by atomic mass is 10.0. The monoisotopic (exact) mass is 347 g/mol. The van der Waals surface area contributed by atoms with E-state index in [4.69, 9.17) is 5.84 Å². The summed E-state index contributed by atoms with van der Waals surface area (Å²) < 4.78 is 2.28. The van der Waals surface area contributed by atoms with E-state index in [0.29, 0.717) is 0 Å². The van der Waals surface area contributed by atoms with Crippen molar-refractivity contribution in [2.24, 2.45) is 5.84 Å². The van der Waals surface area contributed by atoms with Gasteiger partial charge >= 0.3 is 0 Å². The molecule has 102 valence electrons. The lowest BCUT2D eigenvalue weighted by Gasteiger charge is -2.16. The highest BCUT2D eigenvalue weighted by atomic mass is 79.9. The zero-order chi connectivity index (χ0) is 13.9. The van der Waals surface area contributed by atoms with Crippen LogP contribution in [-0.2, 0) is 6.42 Å². The van der Waals surface area contributed by atoms with E-state index in [-0.39, 0.29) is 6.04 Å². The Bertz CT molecular complexity index is 726. The maximum absolute atomic E-state index is 5.73. The predicted octanol–water partition coefficient (Wildman–Crippen LogP) is 3.81. The minimum absolute atomic E-state index is 0.0106. The van der Waals surface area contributed by atoms with Gasteiger partial charge in [0, 0.05) is 15.4 Å². The van der Waals surface area contributed by atoms with E-state index in [1.807, 2.05) is 12.1 Å². The Labute approximate surface area is 129 Å². The number of halogens is 1. The maximum Gasteiger partial charge on any atom is 0.0731 e. The van der Waals surface area contributed by atoms with Crippen LogP contribution in [0.2, 0.25) is 0 Å². The molecular weight excluding hydrogens is 334 g/mol. The molecule has 2 heterocycles. The minimum Gasteiger partial charge on any atom is -0.271 e. The lowest BCUT2D eigenvalue weighted by Crippen LogP contribution is -2.30. The van der Waals surface area contributed by atoms with Gasteiger partial charge in [-0.25, -0.2) is 0 Å². The molecule has 20 heavy (non-hydrogen) atoms. The third-order valence-corrected chi connectivity index (χ3v) is 4.99. The quantitative estimate of drug-likeness (QED) is 0.557. The number of hydrogen-bond acceptors (Lipinski definition) is 4.